The third kappa shape index (κ3) is 8.61. The van der Waals surface area contributed by atoms with Gasteiger partial charge in [0.2, 0.25) is 0 Å². The maximum atomic E-state index is 11.4. The van der Waals surface area contributed by atoms with Crippen LogP contribution in [-0.4, -0.2) is 45.2 Å². The van der Waals surface area contributed by atoms with E-state index in [2.05, 4.69) is 9.31 Å². The first-order valence-corrected chi connectivity index (χ1v) is 5.00. The molecule has 1 heterocycles. The van der Waals surface area contributed by atoms with E-state index >= 15 is 0 Å². The second-order valence-electron chi connectivity index (χ2n) is 3.22. The Kier molecular flexibility index (Phi) is 7.39. The molecule has 0 aromatic carbocycles. The fourth-order valence-electron chi connectivity index (χ4n) is 0.755. The van der Waals surface area contributed by atoms with Gasteiger partial charge in [-0.15, -0.1) is 0 Å². The molecule has 0 aromatic rings. The Morgan fingerprint density at radius 3 is 1.40 bits per heavy atom. The van der Waals surface area contributed by atoms with Gasteiger partial charge in [0.15, 0.2) is 0 Å². The summed E-state index contributed by atoms with van der Waals surface area (Å²) in [5.41, 5.74) is 0. The summed E-state index contributed by atoms with van der Waals surface area (Å²) in [5.74, 6) is -5.62. The van der Waals surface area contributed by atoms with Crippen molar-refractivity contribution in [3.63, 3.8) is 0 Å². The van der Waals surface area contributed by atoms with Crippen LogP contribution in [0, 0.1) is 0 Å². The number of halogens is 6. The van der Waals surface area contributed by atoms with Crippen molar-refractivity contribution in [2.24, 2.45) is 0 Å². The average Bonchev–Trinajstić information content (AvgIpc) is 2.84. The third-order valence-electron chi connectivity index (χ3n) is 1.60. The number of rotatable bonds is 2. The van der Waals surface area contributed by atoms with Gasteiger partial charge in [-0.3, -0.25) is 0 Å². The van der Waals surface area contributed by atoms with Crippen LogP contribution in [0.1, 0.15) is 12.8 Å². The molecule has 0 amide bonds. The van der Waals surface area contributed by atoms with E-state index in [1.54, 1.807) is 0 Å². The lowest BCUT2D eigenvalue weighted by molar-refractivity contribution is -0.196. The highest BCUT2D eigenvalue weighted by Crippen LogP contribution is 2.18. The molecule has 0 aromatic heterocycles. The molecule has 115 valence electrons. The van der Waals surface area contributed by atoms with Crippen molar-refractivity contribution in [3.8, 4) is 0 Å². The zero-order valence-electron chi connectivity index (χ0n) is 9.71. The number of hydrogen-bond donors (Lipinski definition) is 0. The summed E-state index contributed by atoms with van der Waals surface area (Å²) in [4.78, 5) is 19.7. The molecule has 1 rings (SSSR count). The molecule has 0 spiro atoms. The van der Waals surface area contributed by atoms with Crippen LogP contribution in [0.4, 0.5) is 26.3 Å². The first-order chi connectivity index (χ1) is 9.05. The van der Waals surface area contributed by atoms with E-state index in [0.29, 0.717) is 0 Å². The van der Waals surface area contributed by atoms with E-state index in [1.807, 2.05) is 0 Å². The van der Waals surface area contributed by atoms with Crippen molar-refractivity contribution in [2.75, 3.05) is 13.2 Å². The van der Waals surface area contributed by atoms with Crippen LogP contribution < -0.4 is 0 Å². The summed E-state index contributed by atoms with van der Waals surface area (Å²) in [5, 5.41) is 0. The molecule has 1 radical (unpaired) electrons. The molecule has 0 bridgehead atoms. The van der Waals surface area contributed by atoms with Crippen molar-refractivity contribution in [3.05, 3.63) is 0 Å². The Hall–Kier alpha value is -1.46. The van der Waals surface area contributed by atoms with Crippen molar-refractivity contribution in [1.82, 2.24) is 0 Å². The number of alkyl halides is 6. The predicted molar refractivity (Wildman–Crippen MR) is 50.1 cm³/mol. The van der Waals surface area contributed by atoms with E-state index in [1.165, 1.54) is 12.8 Å². The Morgan fingerprint density at radius 1 is 0.850 bits per heavy atom. The maximum absolute atomic E-state index is 11.4. The molecule has 0 N–H and O–H groups in total. The zero-order valence-corrected chi connectivity index (χ0v) is 9.71. The Balaban J connectivity index is 0.000000595. The maximum Gasteiger partial charge on any atom is 0.662 e. The van der Waals surface area contributed by atoms with E-state index in [0.717, 1.165) is 13.2 Å². The zero-order chi connectivity index (χ0) is 15.8. The van der Waals surface area contributed by atoms with Gasteiger partial charge < -0.3 is 14.0 Å². The van der Waals surface area contributed by atoms with Gasteiger partial charge in [-0.1, -0.05) is 0 Å². The quantitative estimate of drug-likeness (QED) is 0.572. The largest absolute Gasteiger partial charge is 0.662 e. The third-order valence-corrected chi connectivity index (χ3v) is 1.60. The topological polar surface area (TPSA) is 61.8 Å². The normalized spacial score (nSPS) is 14.9. The van der Waals surface area contributed by atoms with Crippen LogP contribution in [0.2, 0.25) is 0 Å². The second-order valence-corrected chi connectivity index (χ2v) is 3.22. The summed E-state index contributed by atoms with van der Waals surface area (Å²) in [6.45, 7) is 2.00. The Morgan fingerprint density at radius 2 is 1.20 bits per heavy atom. The van der Waals surface area contributed by atoms with E-state index < -0.39 is 32.0 Å². The van der Waals surface area contributed by atoms with E-state index in [9.17, 15) is 35.9 Å². The summed E-state index contributed by atoms with van der Waals surface area (Å²) in [6.07, 6.45) is -8.22. The van der Waals surface area contributed by atoms with Gasteiger partial charge in [0.1, 0.15) is 0 Å². The van der Waals surface area contributed by atoms with E-state index in [4.69, 9.17) is 4.74 Å². The molecule has 20 heavy (non-hydrogen) atoms. The number of ether oxygens (including phenoxy) is 1. The van der Waals surface area contributed by atoms with Crippen LogP contribution >= 0.6 is 0 Å². The van der Waals surface area contributed by atoms with Gasteiger partial charge >= 0.3 is 32.0 Å². The van der Waals surface area contributed by atoms with Crippen molar-refractivity contribution in [1.29, 1.82) is 0 Å². The lowest BCUT2D eigenvalue weighted by atomic mass is 10.4. The van der Waals surface area contributed by atoms with Crippen LogP contribution in [0.15, 0.2) is 0 Å². The van der Waals surface area contributed by atoms with Gasteiger partial charge in [0, 0.05) is 13.2 Å². The fourth-order valence-corrected chi connectivity index (χ4v) is 0.755. The molecule has 0 unspecified atom stereocenters. The van der Waals surface area contributed by atoms with Gasteiger partial charge in [0.05, 0.1) is 0 Å². The molecule has 12 heteroatoms. The first kappa shape index (κ1) is 18.5. The van der Waals surface area contributed by atoms with E-state index in [-0.39, 0.29) is 0 Å². The van der Waals surface area contributed by atoms with Crippen molar-refractivity contribution < 1.29 is 50.0 Å². The van der Waals surface area contributed by atoms with Gasteiger partial charge in [-0.25, -0.2) is 9.59 Å². The average molecular weight is 309 g/mol. The highest BCUT2D eigenvalue weighted by atomic mass is 19.4. The summed E-state index contributed by atoms with van der Waals surface area (Å²) in [6, 6.07) is 0. The molecular formula is C8H8BF6O5. The summed E-state index contributed by atoms with van der Waals surface area (Å²) < 4.78 is 79.1. The van der Waals surface area contributed by atoms with Gasteiger partial charge in [0.25, 0.3) is 0 Å². The highest BCUT2D eigenvalue weighted by Gasteiger charge is 2.44. The van der Waals surface area contributed by atoms with Crippen LogP contribution in [0.5, 0.6) is 0 Å². The van der Waals surface area contributed by atoms with Crippen LogP contribution in [0.25, 0.3) is 0 Å². The summed E-state index contributed by atoms with van der Waals surface area (Å²) >= 11 is 0. The monoisotopic (exact) mass is 309 g/mol. The van der Waals surface area contributed by atoms with Gasteiger partial charge in [-0.2, -0.15) is 26.3 Å². The molecular weight excluding hydrogens is 301 g/mol. The molecule has 1 aliphatic rings. The molecule has 1 aliphatic heterocycles. The minimum atomic E-state index is -5.39. The molecule has 0 aliphatic carbocycles. The number of carbonyl (C=O) groups excluding carboxylic acids is 2. The van der Waals surface area contributed by atoms with Crippen molar-refractivity contribution >= 4 is 19.6 Å². The highest BCUT2D eigenvalue weighted by molar-refractivity contribution is 6.26. The smallest absolute Gasteiger partial charge is 0.493 e. The SMILES string of the molecule is C1CCOC1.O=C(O[B]OC(=O)C(F)(F)F)C(F)(F)F. The summed E-state index contributed by atoms with van der Waals surface area (Å²) in [7, 11) is -0.647. The molecule has 0 saturated carbocycles. The molecule has 1 saturated heterocycles. The minimum absolute atomic E-state index is 0.647. The molecule has 1 fully saturated rings. The Bertz CT molecular complexity index is 291. The standard InChI is InChI=1S/C4BF6O4.C4H8O/c6-3(7,8)1(12)14-5-15-2(13)4(9,10)11;1-2-4-5-3-1/h;1-4H2. The van der Waals surface area contributed by atoms with Crippen LogP contribution in [0.3, 0.4) is 0 Å². The van der Waals surface area contributed by atoms with Crippen molar-refractivity contribution in [2.45, 2.75) is 25.2 Å². The minimum Gasteiger partial charge on any atom is -0.493 e. The van der Waals surface area contributed by atoms with Crippen LogP contribution in [-0.2, 0) is 23.6 Å². The van der Waals surface area contributed by atoms with Gasteiger partial charge in [-0.05, 0) is 12.8 Å². The fraction of sp³-hybridized carbons (Fsp3) is 0.750. The lowest BCUT2D eigenvalue weighted by Gasteiger charge is -2.07. The number of hydrogen-bond acceptors (Lipinski definition) is 5. The predicted octanol–water partition coefficient (Wildman–Crippen LogP) is 1.53. The first-order valence-electron chi connectivity index (χ1n) is 5.00. The second kappa shape index (κ2) is 7.97. The lowest BCUT2D eigenvalue weighted by Crippen LogP contribution is -2.32. The Labute approximate surface area is 109 Å². The number of carbonyl (C=O) groups is 2. The molecule has 0 atom stereocenters. The molecule has 5 nitrogen and oxygen atoms in total.